The van der Waals surface area contributed by atoms with E-state index in [0.717, 1.165) is 16.8 Å². The van der Waals surface area contributed by atoms with Gasteiger partial charge in [0, 0.05) is 17.4 Å². The van der Waals surface area contributed by atoms with Crippen LogP contribution < -0.4 is 11.1 Å². The maximum absolute atomic E-state index is 5.72. The van der Waals surface area contributed by atoms with Crippen molar-refractivity contribution < 1.29 is 4.42 Å². The van der Waals surface area contributed by atoms with Crippen LogP contribution in [0.5, 0.6) is 0 Å². The Morgan fingerprint density at radius 2 is 1.95 bits per heavy atom. The Labute approximate surface area is 111 Å². The van der Waals surface area contributed by atoms with E-state index >= 15 is 0 Å². The molecule has 0 radical (unpaired) electrons. The lowest BCUT2D eigenvalue weighted by Gasteiger charge is -2.06. The van der Waals surface area contributed by atoms with Gasteiger partial charge in [-0.15, -0.1) is 0 Å². The molecule has 3 aromatic rings. The number of benzene rings is 2. The number of oxazole rings is 1. The number of fused-ring (bicyclic) bond motifs is 1. The molecule has 19 heavy (non-hydrogen) atoms. The molecule has 0 aliphatic carbocycles. The number of nitrogens with one attached hydrogen (secondary N) is 1. The molecule has 96 valence electrons. The van der Waals surface area contributed by atoms with Crippen molar-refractivity contribution in [2.24, 2.45) is 0 Å². The van der Waals surface area contributed by atoms with E-state index in [0.29, 0.717) is 17.3 Å². The van der Waals surface area contributed by atoms with E-state index < -0.39 is 0 Å². The standard InChI is InChI=1S/C15H15N3O/c1-9-3-4-10(2)13(7-9)18-15-17-12-6-5-11(16)8-14(12)19-15/h3-8H,16H2,1-2H3,(H,17,18). The predicted molar refractivity (Wildman–Crippen MR) is 77.6 cm³/mol. The molecular formula is C15H15N3O. The van der Waals surface area contributed by atoms with Crippen LogP contribution in [0.1, 0.15) is 11.1 Å². The topological polar surface area (TPSA) is 64.1 Å². The van der Waals surface area contributed by atoms with E-state index in [9.17, 15) is 0 Å². The molecule has 0 bridgehead atoms. The molecule has 3 N–H and O–H groups in total. The van der Waals surface area contributed by atoms with Crippen LogP contribution in [0.2, 0.25) is 0 Å². The van der Waals surface area contributed by atoms with Gasteiger partial charge in [0.2, 0.25) is 0 Å². The molecule has 0 amide bonds. The Morgan fingerprint density at radius 3 is 2.79 bits per heavy atom. The van der Waals surface area contributed by atoms with Gasteiger partial charge in [-0.25, -0.2) is 0 Å². The molecule has 3 rings (SSSR count). The number of aryl methyl sites for hydroxylation is 2. The van der Waals surface area contributed by atoms with Crippen molar-refractivity contribution >= 4 is 28.5 Å². The number of rotatable bonds is 2. The fraction of sp³-hybridized carbons (Fsp3) is 0.133. The smallest absolute Gasteiger partial charge is 0.300 e. The lowest BCUT2D eigenvalue weighted by Crippen LogP contribution is -1.93. The van der Waals surface area contributed by atoms with Gasteiger partial charge in [-0.1, -0.05) is 12.1 Å². The highest BCUT2D eigenvalue weighted by molar-refractivity contribution is 5.78. The molecule has 2 aromatic carbocycles. The Kier molecular flexibility index (Phi) is 2.63. The molecule has 0 atom stereocenters. The second kappa shape index (κ2) is 4.31. The first-order valence-electron chi connectivity index (χ1n) is 6.12. The van der Waals surface area contributed by atoms with E-state index in [1.54, 1.807) is 6.07 Å². The fourth-order valence-electron chi connectivity index (χ4n) is 1.98. The van der Waals surface area contributed by atoms with Crippen molar-refractivity contribution in [2.75, 3.05) is 11.1 Å². The molecule has 4 heteroatoms. The third-order valence-electron chi connectivity index (χ3n) is 3.05. The predicted octanol–water partition coefficient (Wildman–Crippen LogP) is 3.77. The SMILES string of the molecule is Cc1ccc(C)c(Nc2nc3ccc(N)cc3o2)c1. The molecule has 0 spiro atoms. The summed E-state index contributed by atoms with van der Waals surface area (Å²) in [4.78, 5) is 4.39. The summed E-state index contributed by atoms with van der Waals surface area (Å²) >= 11 is 0. The van der Waals surface area contributed by atoms with Crippen molar-refractivity contribution in [3.8, 4) is 0 Å². The second-order valence-corrected chi connectivity index (χ2v) is 4.69. The summed E-state index contributed by atoms with van der Waals surface area (Å²) in [5.41, 5.74) is 11.2. The molecule has 0 saturated carbocycles. The molecular weight excluding hydrogens is 238 g/mol. The first-order valence-corrected chi connectivity index (χ1v) is 6.12. The maximum Gasteiger partial charge on any atom is 0.300 e. The van der Waals surface area contributed by atoms with Crippen molar-refractivity contribution in [3.05, 3.63) is 47.5 Å². The highest BCUT2D eigenvalue weighted by atomic mass is 16.4. The van der Waals surface area contributed by atoms with Crippen molar-refractivity contribution in [1.82, 2.24) is 4.98 Å². The summed E-state index contributed by atoms with van der Waals surface area (Å²) in [6, 6.07) is 12.1. The molecule has 0 fully saturated rings. The molecule has 0 aliphatic heterocycles. The van der Waals surface area contributed by atoms with Crippen LogP contribution >= 0.6 is 0 Å². The van der Waals surface area contributed by atoms with E-state index in [4.69, 9.17) is 10.2 Å². The van der Waals surface area contributed by atoms with Gasteiger partial charge < -0.3 is 15.5 Å². The minimum atomic E-state index is 0.481. The Hall–Kier alpha value is -2.49. The summed E-state index contributed by atoms with van der Waals surface area (Å²) < 4.78 is 5.65. The number of aromatic nitrogens is 1. The molecule has 1 aromatic heterocycles. The maximum atomic E-state index is 5.72. The third-order valence-corrected chi connectivity index (χ3v) is 3.05. The monoisotopic (exact) mass is 253 g/mol. The van der Waals surface area contributed by atoms with Crippen LogP contribution in [0.15, 0.2) is 40.8 Å². The first kappa shape index (κ1) is 11.6. The summed E-state index contributed by atoms with van der Waals surface area (Å²) in [6.07, 6.45) is 0. The van der Waals surface area contributed by atoms with Gasteiger partial charge in [0.25, 0.3) is 6.01 Å². The van der Waals surface area contributed by atoms with Crippen LogP contribution in [0, 0.1) is 13.8 Å². The van der Waals surface area contributed by atoms with E-state index in [1.165, 1.54) is 5.56 Å². The molecule has 4 nitrogen and oxygen atoms in total. The number of nitrogens with two attached hydrogens (primary N) is 1. The number of hydrogen-bond donors (Lipinski definition) is 2. The lowest BCUT2D eigenvalue weighted by molar-refractivity contribution is 0.623. The van der Waals surface area contributed by atoms with Crippen LogP contribution in [0.25, 0.3) is 11.1 Å². The average Bonchev–Trinajstić information content (AvgIpc) is 2.75. The van der Waals surface area contributed by atoms with Crippen LogP contribution in [-0.2, 0) is 0 Å². The van der Waals surface area contributed by atoms with Gasteiger partial charge in [0.05, 0.1) is 0 Å². The average molecular weight is 253 g/mol. The van der Waals surface area contributed by atoms with Crippen LogP contribution in [-0.4, -0.2) is 4.98 Å². The summed E-state index contributed by atoms with van der Waals surface area (Å²) in [6.45, 7) is 4.10. The highest BCUT2D eigenvalue weighted by Gasteiger charge is 2.07. The summed E-state index contributed by atoms with van der Waals surface area (Å²) in [5.74, 6) is 0. The van der Waals surface area contributed by atoms with Gasteiger partial charge in [0.15, 0.2) is 5.58 Å². The van der Waals surface area contributed by atoms with Gasteiger partial charge >= 0.3 is 0 Å². The minimum absolute atomic E-state index is 0.481. The Balaban J connectivity index is 1.98. The molecule has 1 heterocycles. The number of nitrogen functional groups attached to an aromatic ring is 1. The molecule has 0 saturated heterocycles. The van der Waals surface area contributed by atoms with Gasteiger partial charge in [0.1, 0.15) is 5.52 Å². The van der Waals surface area contributed by atoms with Crippen molar-refractivity contribution in [1.29, 1.82) is 0 Å². The summed E-state index contributed by atoms with van der Waals surface area (Å²) in [5, 5.41) is 3.20. The van der Waals surface area contributed by atoms with Crippen LogP contribution in [0.3, 0.4) is 0 Å². The lowest BCUT2D eigenvalue weighted by atomic mass is 10.1. The number of hydrogen-bond acceptors (Lipinski definition) is 4. The minimum Gasteiger partial charge on any atom is -0.423 e. The zero-order valence-corrected chi connectivity index (χ0v) is 10.9. The number of nitrogens with zero attached hydrogens (tertiary/aromatic N) is 1. The van der Waals surface area contributed by atoms with Gasteiger partial charge in [-0.05, 0) is 43.2 Å². The van der Waals surface area contributed by atoms with Gasteiger partial charge in [-0.2, -0.15) is 4.98 Å². The van der Waals surface area contributed by atoms with Crippen molar-refractivity contribution in [2.45, 2.75) is 13.8 Å². The Morgan fingerprint density at radius 1 is 1.11 bits per heavy atom. The van der Waals surface area contributed by atoms with E-state index in [1.807, 2.05) is 19.1 Å². The van der Waals surface area contributed by atoms with E-state index in [-0.39, 0.29) is 0 Å². The van der Waals surface area contributed by atoms with Crippen LogP contribution in [0.4, 0.5) is 17.4 Å². The second-order valence-electron chi connectivity index (χ2n) is 4.69. The zero-order chi connectivity index (χ0) is 13.4. The quantitative estimate of drug-likeness (QED) is 0.682. The largest absolute Gasteiger partial charge is 0.423 e. The Bertz CT molecular complexity index is 746. The summed E-state index contributed by atoms with van der Waals surface area (Å²) in [7, 11) is 0. The van der Waals surface area contributed by atoms with Crippen molar-refractivity contribution in [3.63, 3.8) is 0 Å². The van der Waals surface area contributed by atoms with E-state index in [2.05, 4.69) is 35.4 Å². The third kappa shape index (κ3) is 2.25. The molecule has 0 aliphatic rings. The normalized spacial score (nSPS) is 10.8. The first-order chi connectivity index (χ1) is 9.11. The fourth-order valence-corrected chi connectivity index (χ4v) is 1.98. The van der Waals surface area contributed by atoms with Gasteiger partial charge in [-0.3, -0.25) is 0 Å². The highest BCUT2D eigenvalue weighted by Crippen LogP contribution is 2.25. The molecule has 0 unspecified atom stereocenters. The number of anilines is 3. The zero-order valence-electron chi connectivity index (χ0n) is 10.9.